The molecule has 0 bridgehead atoms. The molecule has 3 heterocycles. The van der Waals surface area contributed by atoms with Crippen LogP contribution in [0.25, 0.3) is 21.8 Å². The molecular weight excluding hydrogens is 1250 g/mol. The normalized spacial score (nSPS) is 13.9. The number of nitrogens with two attached hydrogens (primary N) is 3. The first-order valence-electron chi connectivity index (χ1n) is 30.7. The van der Waals surface area contributed by atoms with E-state index >= 15 is 0 Å². The molecule has 22 nitrogen and oxygen atoms in total. The molecule has 9 rings (SSSR count). The number of nitrogens with zero attached hydrogens (tertiary/aromatic N) is 2. The molecule has 95 heavy (non-hydrogen) atoms. The highest BCUT2D eigenvalue weighted by molar-refractivity contribution is 6.09. The van der Waals surface area contributed by atoms with Gasteiger partial charge in [-0.1, -0.05) is 81.6 Å². The summed E-state index contributed by atoms with van der Waals surface area (Å²) in [7, 11) is 0. The van der Waals surface area contributed by atoms with E-state index < -0.39 is 41.6 Å². The number of primary amides is 2. The Balaban J connectivity index is 0.000000251. The summed E-state index contributed by atoms with van der Waals surface area (Å²) < 4.78 is 86.7. The summed E-state index contributed by atoms with van der Waals surface area (Å²) in [5, 5.41) is 32.1. The van der Waals surface area contributed by atoms with Crippen LogP contribution in [0.15, 0.2) is 97.3 Å². The first-order valence-corrected chi connectivity index (χ1v) is 30.7. The lowest BCUT2D eigenvalue weighted by Crippen LogP contribution is -2.54. The first kappa shape index (κ1) is 74.1. The Kier molecular flexibility index (Phi) is 26.3. The quantitative estimate of drug-likeness (QED) is 0.0282. The molecule has 0 radical (unpaired) electrons. The number of carbonyl (C=O) groups is 6. The molecule has 1 aliphatic heterocycles. The molecule has 1 saturated carbocycles. The fourth-order valence-corrected chi connectivity index (χ4v) is 10.8. The van der Waals surface area contributed by atoms with Crippen LogP contribution in [-0.4, -0.2) is 106 Å². The molecule has 13 N–H and O–H groups in total. The summed E-state index contributed by atoms with van der Waals surface area (Å²) in [4.78, 5) is 77.8. The van der Waals surface area contributed by atoms with E-state index in [4.69, 9.17) is 56.0 Å². The van der Waals surface area contributed by atoms with Crippen LogP contribution in [0.5, 0.6) is 23.0 Å². The highest BCUT2D eigenvalue weighted by atomic mass is 19.4. The van der Waals surface area contributed by atoms with Gasteiger partial charge < -0.3 is 72.9 Å². The summed E-state index contributed by atoms with van der Waals surface area (Å²) in [6.45, 7) is 15.0. The molecule has 1 aliphatic carbocycles. The number of nitrogens with one attached hydrogen (secondary N) is 5. The fourth-order valence-electron chi connectivity index (χ4n) is 10.8. The number of alkyl halides is 6. The number of carboxylic acid groups (broad SMARTS) is 2. The molecule has 510 valence electrons. The van der Waals surface area contributed by atoms with Crippen molar-refractivity contribution in [3.63, 3.8) is 0 Å². The number of rotatable bonds is 22. The summed E-state index contributed by atoms with van der Waals surface area (Å²) in [5.41, 5.74) is 28.1. The number of carbonyl (C=O) groups excluding carboxylic acids is 4. The van der Waals surface area contributed by atoms with Gasteiger partial charge in [0.2, 0.25) is 11.8 Å². The third-order valence-corrected chi connectivity index (χ3v) is 15.3. The van der Waals surface area contributed by atoms with Crippen LogP contribution in [0, 0.1) is 0 Å². The van der Waals surface area contributed by atoms with Crippen LogP contribution in [0.3, 0.4) is 0 Å². The minimum absolute atomic E-state index is 0.0328. The minimum Gasteiger partial charge on any atom is -0.490 e. The maximum atomic E-state index is 13.1. The summed E-state index contributed by atoms with van der Waals surface area (Å²) >= 11 is 0. The molecule has 0 spiro atoms. The zero-order valence-corrected chi connectivity index (χ0v) is 53.3. The number of benzene rings is 5. The third-order valence-electron chi connectivity index (χ3n) is 15.3. The van der Waals surface area contributed by atoms with E-state index in [2.05, 4.69) is 62.5 Å². The lowest BCUT2D eigenvalue weighted by Gasteiger charge is -2.32. The van der Waals surface area contributed by atoms with Gasteiger partial charge in [-0.25, -0.2) is 9.59 Å². The lowest BCUT2D eigenvalue weighted by molar-refractivity contribution is -0.193. The number of anilines is 4. The Bertz CT molecular complexity index is 3860. The fraction of sp³-hybridized carbons (Fsp3) is 0.373. The number of aromatic nitrogens is 2. The molecule has 0 saturated heterocycles. The number of carboxylic acids is 2. The standard InChI is InChI=1S/C33H37N5O4.C30H39N5O4.2C2HF3O2/c1-4-23-22(18-37-33(40)28-14-20-10-7-8-11-21(20)17-35-28)12-9-13-26(23)38-31-24-15-29(41-5-2)30(42-6-3)16-27(24)36-19-25(31)32(34)39;1-4-20-19(17-34-29(37)30(32)13-8-7-9-14-30)11-10-12-23(20)35-27-21-15-25(38-5-2)26(39-6-3)16-24(21)33-18-22(27)28(31)36;2*3-2(4,5)1(6)7/h7-13,15-16,19,28,35H,4-6,14,17-18H2,1-3H3,(H2,34,39)(H,36,38)(H,37,40);10-12,15-16,18H,4-9,13-14,17,32H2,1-3H3,(H2,31,36)(H,33,35)(H,34,37);2*(H,6,7)/t28-;;;/m1.../s1. The van der Waals surface area contributed by atoms with Crippen molar-refractivity contribution in [2.24, 2.45) is 17.2 Å². The number of aliphatic carboxylic acids is 2. The predicted octanol–water partition coefficient (Wildman–Crippen LogP) is 10.7. The van der Waals surface area contributed by atoms with Gasteiger partial charge in [-0.15, -0.1) is 0 Å². The van der Waals surface area contributed by atoms with Gasteiger partial charge >= 0.3 is 24.3 Å². The smallest absolute Gasteiger partial charge is 0.490 e. The SMILES string of the molecule is CCOc1cc2ncc(C(N)=O)c(Nc3cccc(CNC(=O)C4(N)CCCCC4)c3CC)c2cc1OCC.CCOc1cc2ncc(C(N)=O)c(Nc3cccc(CNC(=O)[C@H]4Cc5ccccc5CN4)c3CC)c2cc1OCC.O=C(O)C(F)(F)F.O=C(O)C(F)(F)F. The van der Waals surface area contributed by atoms with Gasteiger partial charge in [-0.2, -0.15) is 26.3 Å². The molecule has 1 atom stereocenters. The molecular formula is C67H78F6N10O12. The van der Waals surface area contributed by atoms with Gasteiger partial charge in [-0.3, -0.25) is 29.1 Å². The summed E-state index contributed by atoms with van der Waals surface area (Å²) in [6.07, 6.45) is -0.655. The molecule has 1 fully saturated rings. The number of ether oxygens (including phenoxy) is 4. The average molecular weight is 1330 g/mol. The van der Waals surface area contributed by atoms with Gasteiger partial charge in [0.15, 0.2) is 23.0 Å². The zero-order chi connectivity index (χ0) is 69.8. The third kappa shape index (κ3) is 19.6. The average Bonchev–Trinajstić information content (AvgIpc) is 0.779. The molecule has 2 aliphatic rings. The number of amides is 4. The van der Waals surface area contributed by atoms with E-state index in [-0.39, 0.29) is 29.0 Å². The van der Waals surface area contributed by atoms with Crippen LogP contribution >= 0.6 is 0 Å². The Hall–Kier alpha value is -9.96. The minimum atomic E-state index is -5.08. The number of hydrogen-bond donors (Lipinski definition) is 10. The topological polar surface area (TPSA) is 344 Å². The van der Waals surface area contributed by atoms with Gasteiger partial charge in [-0.05, 0) is 117 Å². The number of fused-ring (bicyclic) bond motifs is 3. The lowest BCUT2D eigenvalue weighted by atomic mass is 9.82. The van der Waals surface area contributed by atoms with Crippen LogP contribution < -0.4 is 62.7 Å². The first-order chi connectivity index (χ1) is 45.1. The van der Waals surface area contributed by atoms with Crippen molar-refractivity contribution in [2.45, 2.75) is 136 Å². The summed E-state index contributed by atoms with van der Waals surface area (Å²) in [6, 6.07) is 27.0. The molecule has 4 amide bonds. The van der Waals surface area contributed by atoms with Crippen molar-refractivity contribution in [2.75, 3.05) is 37.1 Å². The van der Waals surface area contributed by atoms with Crippen molar-refractivity contribution in [3.8, 4) is 23.0 Å². The van der Waals surface area contributed by atoms with Gasteiger partial charge in [0.05, 0.1) is 71.5 Å². The number of halogens is 6. The Morgan fingerprint density at radius 2 is 0.979 bits per heavy atom. The van der Waals surface area contributed by atoms with E-state index in [1.165, 1.54) is 23.5 Å². The Labute approximate surface area is 544 Å². The van der Waals surface area contributed by atoms with Crippen molar-refractivity contribution >= 4 is 80.1 Å². The zero-order valence-electron chi connectivity index (χ0n) is 53.3. The predicted molar refractivity (Wildman–Crippen MR) is 345 cm³/mol. The number of pyridine rings is 2. The largest absolute Gasteiger partial charge is 0.490 e. The van der Waals surface area contributed by atoms with Crippen LogP contribution in [0.2, 0.25) is 0 Å². The van der Waals surface area contributed by atoms with E-state index in [9.17, 15) is 45.5 Å². The van der Waals surface area contributed by atoms with Crippen LogP contribution in [0.1, 0.15) is 128 Å². The second kappa shape index (κ2) is 33.7. The van der Waals surface area contributed by atoms with E-state index in [0.29, 0.717) is 134 Å². The summed E-state index contributed by atoms with van der Waals surface area (Å²) in [5.74, 6) is -4.56. The highest BCUT2D eigenvalue weighted by Crippen LogP contribution is 2.41. The van der Waals surface area contributed by atoms with Gasteiger partial charge in [0.25, 0.3) is 11.8 Å². The maximum Gasteiger partial charge on any atom is 0.490 e. The van der Waals surface area contributed by atoms with Crippen molar-refractivity contribution in [1.82, 2.24) is 25.9 Å². The van der Waals surface area contributed by atoms with Crippen molar-refractivity contribution < 1.29 is 84.3 Å². The van der Waals surface area contributed by atoms with Gasteiger partial charge in [0.1, 0.15) is 0 Å². The maximum absolute atomic E-state index is 13.1. The molecule has 28 heteroatoms. The second-order valence-electron chi connectivity index (χ2n) is 21.7. The number of hydrogen-bond acceptors (Lipinski definition) is 16. The Morgan fingerprint density at radius 1 is 0.579 bits per heavy atom. The second-order valence-corrected chi connectivity index (χ2v) is 21.7. The van der Waals surface area contributed by atoms with Crippen LogP contribution in [0.4, 0.5) is 49.1 Å². The van der Waals surface area contributed by atoms with Crippen molar-refractivity contribution in [3.05, 3.63) is 142 Å². The van der Waals surface area contributed by atoms with E-state index in [1.54, 1.807) is 6.07 Å². The van der Waals surface area contributed by atoms with Crippen molar-refractivity contribution in [1.29, 1.82) is 0 Å². The van der Waals surface area contributed by atoms with E-state index in [0.717, 1.165) is 52.9 Å². The monoisotopic (exact) mass is 1330 g/mol. The molecule has 5 aromatic carbocycles. The molecule has 7 aromatic rings. The van der Waals surface area contributed by atoms with E-state index in [1.807, 2.05) is 94.4 Å². The van der Waals surface area contributed by atoms with Crippen LogP contribution in [-0.2, 0) is 58.1 Å². The molecule has 0 unspecified atom stereocenters. The van der Waals surface area contributed by atoms with Gasteiger partial charge in [0, 0.05) is 66.3 Å². The molecule has 2 aromatic heterocycles. The highest BCUT2D eigenvalue weighted by Gasteiger charge is 2.39. The Morgan fingerprint density at radius 3 is 1.37 bits per heavy atom.